The number of aryl methyl sites for hydroxylation is 2. The van der Waals surface area contributed by atoms with Gasteiger partial charge in [0.2, 0.25) is 0 Å². The number of halogens is 4. The molecule has 3 heterocycles. The van der Waals surface area contributed by atoms with E-state index in [0.29, 0.717) is 5.56 Å². The number of primary amides is 1. The van der Waals surface area contributed by atoms with Crippen LogP contribution in [-0.2, 0) is 12.7 Å². The van der Waals surface area contributed by atoms with Crippen molar-refractivity contribution in [3.63, 3.8) is 0 Å². The summed E-state index contributed by atoms with van der Waals surface area (Å²) in [6, 6.07) is 7.78. The lowest BCUT2D eigenvalue weighted by Crippen LogP contribution is -2.22. The summed E-state index contributed by atoms with van der Waals surface area (Å²) < 4.78 is 40.8. The van der Waals surface area contributed by atoms with E-state index in [-0.39, 0.29) is 40.0 Å². The Balaban J connectivity index is 1.75. The standard InChI is InChI=1S/C22H18ClF3N8O2/c1-11-6-12(2)18(14(7-11)19(27)35)29-21(36)16-8-13(9-33-10-17(30-32-33)22(24,25)26)31-34(16)20-15(23)4-3-5-28-20/h3-8,10H,9H2,1-2H3,(H2,27,35)(H,29,36). The van der Waals surface area contributed by atoms with Crippen LogP contribution in [-0.4, -0.2) is 41.6 Å². The lowest BCUT2D eigenvalue weighted by atomic mass is 10.0. The van der Waals surface area contributed by atoms with Gasteiger partial charge in [0.15, 0.2) is 11.5 Å². The van der Waals surface area contributed by atoms with Gasteiger partial charge in [0.05, 0.1) is 34.7 Å². The summed E-state index contributed by atoms with van der Waals surface area (Å²) in [7, 11) is 0. The highest BCUT2D eigenvalue weighted by Gasteiger charge is 2.34. The molecule has 0 aliphatic rings. The zero-order valence-electron chi connectivity index (χ0n) is 18.8. The van der Waals surface area contributed by atoms with Gasteiger partial charge in [-0.15, -0.1) is 5.10 Å². The third kappa shape index (κ3) is 5.05. The second-order valence-electron chi connectivity index (χ2n) is 7.86. The molecule has 0 saturated carbocycles. The summed E-state index contributed by atoms with van der Waals surface area (Å²) in [4.78, 5) is 29.5. The highest BCUT2D eigenvalue weighted by Crippen LogP contribution is 2.27. The van der Waals surface area contributed by atoms with Crippen molar-refractivity contribution in [3.05, 3.63) is 81.5 Å². The molecule has 1 aromatic carbocycles. The number of pyridine rings is 1. The molecule has 0 bridgehead atoms. The average molecular weight is 519 g/mol. The van der Waals surface area contributed by atoms with Crippen LogP contribution in [0.4, 0.5) is 18.9 Å². The van der Waals surface area contributed by atoms with Crippen molar-refractivity contribution >= 4 is 29.1 Å². The zero-order chi connectivity index (χ0) is 26.2. The van der Waals surface area contributed by atoms with Crippen LogP contribution in [0.2, 0.25) is 5.02 Å². The number of rotatable bonds is 6. The molecule has 0 aliphatic heterocycles. The third-order valence-electron chi connectivity index (χ3n) is 5.07. The minimum atomic E-state index is -4.66. The minimum absolute atomic E-state index is 0.0443. The Bertz CT molecular complexity index is 1480. The molecule has 3 aromatic heterocycles. The molecule has 0 radical (unpaired) electrons. The fraction of sp³-hybridized carbons (Fsp3) is 0.182. The van der Waals surface area contributed by atoms with Crippen LogP contribution in [0.25, 0.3) is 5.82 Å². The van der Waals surface area contributed by atoms with Crippen molar-refractivity contribution < 1.29 is 22.8 Å². The molecule has 14 heteroatoms. The molecular weight excluding hydrogens is 501 g/mol. The molecule has 2 amide bonds. The van der Waals surface area contributed by atoms with Gasteiger partial charge in [0.25, 0.3) is 11.8 Å². The smallest absolute Gasteiger partial charge is 0.366 e. The second kappa shape index (κ2) is 9.41. The van der Waals surface area contributed by atoms with Crippen LogP contribution in [0.15, 0.2) is 42.7 Å². The van der Waals surface area contributed by atoms with Gasteiger partial charge < -0.3 is 11.1 Å². The first-order chi connectivity index (χ1) is 16.9. The van der Waals surface area contributed by atoms with E-state index in [1.54, 1.807) is 32.0 Å². The maximum absolute atomic E-state index is 13.4. The van der Waals surface area contributed by atoms with Gasteiger partial charge in [-0.2, -0.15) is 18.3 Å². The Morgan fingerprint density at radius 1 is 1.19 bits per heavy atom. The van der Waals surface area contributed by atoms with E-state index in [1.165, 1.54) is 18.3 Å². The van der Waals surface area contributed by atoms with Gasteiger partial charge in [0.1, 0.15) is 5.69 Å². The van der Waals surface area contributed by atoms with Gasteiger partial charge in [-0.1, -0.05) is 22.9 Å². The molecule has 0 unspecified atom stereocenters. The van der Waals surface area contributed by atoms with E-state index >= 15 is 0 Å². The van der Waals surface area contributed by atoms with E-state index in [2.05, 4.69) is 25.7 Å². The van der Waals surface area contributed by atoms with Crippen molar-refractivity contribution in [1.82, 2.24) is 29.8 Å². The first-order valence-electron chi connectivity index (χ1n) is 10.3. The summed E-state index contributed by atoms with van der Waals surface area (Å²) in [5.41, 5.74) is 6.17. The van der Waals surface area contributed by atoms with Crippen LogP contribution in [0.1, 0.15) is 43.4 Å². The average Bonchev–Trinajstić information content (AvgIpc) is 3.43. The Hall–Kier alpha value is -4.26. The number of nitrogens with zero attached hydrogens (tertiary/aromatic N) is 6. The number of nitrogens with one attached hydrogen (secondary N) is 1. The molecule has 0 atom stereocenters. The number of benzene rings is 1. The lowest BCUT2D eigenvalue weighted by molar-refractivity contribution is -0.141. The lowest BCUT2D eigenvalue weighted by Gasteiger charge is -2.14. The van der Waals surface area contributed by atoms with Crippen molar-refractivity contribution in [2.45, 2.75) is 26.6 Å². The molecule has 0 saturated heterocycles. The van der Waals surface area contributed by atoms with Crippen molar-refractivity contribution in [2.75, 3.05) is 5.32 Å². The molecule has 0 fully saturated rings. The molecule has 0 spiro atoms. The number of nitrogens with two attached hydrogens (primary N) is 1. The SMILES string of the molecule is Cc1cc(C)c(NC(=O)c2cc(Cn3cc(C(F)(F)F)nn3)nn2-c2ncccc2Cl)c(C(N)=O)c1. The number of carbonyl (C=O) groups excluding carboxylic acids is 2. The molecule has 3 N–H and O–H groups in total. The monoisotopic (exact) mass is 518 g/mol. The maximum Gasteiger partial charge on any atom is 0.436 e. The Morgan fingerprint density at radius 3 is 2.58 bits per heavy atom. The van der Waals surface area contributed by atoms with Crippen LogP contribution in [0.5, 0.6) is 0 Å². The first-order valence-corrected chi connectivity index (χ1v) is 10.7. The number of hydrogen-bond donors (Lipinski definition) is 2. The summed E-state index contributed by atoms with van der Waals surface area (Å²) in [6.07, 6.45) is -2.50. The maximum atomic E-state index is 13.4. The first kappa shape index (κ1) is 24.9. The quantitative estimate of drug-likeness (QED) is 0.401. The molecule has 10 nitrogen and oxygen atoms in total. The van der Waals surface area contributed by atoms with Crippen molar-refractivity contribution in [1.29, 1.82) is 0 Å². The van der Waals surface area contributed by atoms with Crippen LogP contribution in [0.3, 0.4) is 0 Å². The summed E-state index contributed by atoms with van der Waals surface area (Å²) in [5.74, 6) is -1.30. The van der Waals surface area contributed by atoms with Gasteiger partial charge in [-0.05, 0) is 49.2 Å². The number of hydrogen-bond acceptors (Lipinski definition) is 6. The van der Waals surface area contributed by atoms with E-state index < -0.39 is 23.7 Å². The van der Waals surface area contributed by atoms with Gasteiger partial charge >= 0.3 is 6.18 Å². The molecule has 4 rings (SSSR count). The number of alkyl halides is 3. The van der Waals surface area contributed by atoms with Gasteiger partial charge in [-0.25, -0.2) is 14.3 Å². The normalized spacial score (nSPS) is 11.5. The summed E-state index contributed by atoms with van der Waals surface area (Å²) >= 11 is 6.26. The van der Waals surface area contributed by atoms with E-state index in [4.69, 9.17) is 17.3 Å². The van der Waals surface area contributed by atoms with E-state index in [9.17, 15) is 22.8 Å². The van der Waals surface area contributed by atoms with Crippen LogP contribution >= 0.6 is 11.6 Å². The van der Waals surface area contributed by atoms with Gasteiger partial charge in [-0.3, -0.25) is 9.59 Å². The summed E-state index contributed by atoms with van der Waals surface area (Å²) in [6.45, 7) is 3.26. The second-order valence-corrected chi connectivity index (χ2v) is 8.27. The van der Waals surface area contributed by atoms with Crippen LogP contribution < -0.4 is 11.1 Å². The van der Waals surface area contributed by atoms with Gasteiger partial charge in [0, 0.05) is 6.20 Å². The number of aromatic nitrogens is 6. The Morgan fingerprint density at radius 2 is 1.94 bits per heavy atom. The molecule has 4 aromatic rings. The Labute approximate surface area is 206 Å². The topological polar surface area (TPSA) is 134 Å². The number of anilines is 1. The molecule has 0 aliphatic carbocycles. The molecule has 36 heavy (non-hydrogen) atoms. The largest absolute Gasteiger partial charge is 0.436 e. The Kier molecular flexibility index (Phi) is 6.50. The predicted octanol–water partition coefficient (Wildman–Crippen LogP) is 3.55. The number of amides is 2. The van der Waals surface area contributed by atoms with Crippen molar-refractivity contribution in [2.24, 2.45) is 5.73 Å². The highest BCUT2D eigenvalue weighted by atomic mass is 35.5. The summed E-state index contributed by atoms with van der Waals surface area (Å²) in [5, 5.41) is 13.8. The van der Waals surface area contributed by atoms with E-state index in [1.807, 2.05) is 0 Å². The molecular formula is C22H18ClF3N8O2. The van der Waals surface area contributed by atoms with Crippen LogP contribution in [0, 0.1) is 13.8 Å². The zero-order valence-corrected chi connectivity index (χ0v) is 19.6. The third-order valence-corrected chi connectivity index (χ3v) is 5.36. The van der Waals surface area contributed by atoms with Crippen molar-refractivity contribution in [3.8, 4) is 5.82 Å². The van der Waals surface area contributed by atoms with E-state index in [0.717, 1.165) is 21.1 Å². The minimum Gasteiger partial charge on any atom is -0.366 e. The highest BCUT2D eigenvalue weighted by molar-refractivity contribution is 6.32. The molecule has 186 valence electrons. The fourth-order valence-electron chi connectivity index (χ4n) is 3.54. The predicted molar refractivity (Wildman–Crippen MR) is 123 cm³/mol. The number of carbonyl (C=O) groups is 2. The fourth-order valence-corrected chi connectivity index (χ4v) is 3.74.